The predicted molar refractivity (Wildman–Crippen MR) is 112 cm³/mol. The first-order valence-corrected chi connectivity index (χ1v) is 10.6. The van der Waals surface area contributed by atoms with E-state index in [-0.39, 0.29) is 11.3 Å². The number of hydrogen-bond donors (Lipinski definition) is 0. The fourth-order valence-electron chi connectivity index (χ4n) is 4.01. The molecule has 1 fully saturated rings. The molecular formula is C25H26F4O2. The molecule has 0 atom stereocenters. The molecule has 0 aromatic heterocycles. The first-order chi connectivity index (χ1) is 14.8. The van der Waals surface area contributed by atoms with Gasteiger partial charge in [-0.3, -0.25) is 0 Å². The Hall–Kier alpha value is -2.63. The Balaban J connectivity index is 1.56. The van der Waals surface area contributed by atoms with Crippen molar-refractivity contribution in [2.24, 2.45) is 11.8 Å². The summed E-state index contributed by atoms with van der Waals surface area (Å²) in [5.41, 5.74) is -0.215. The fraction of sp³-hybridized carbons (Fsp3) is 0.400. The molecule has 31 heavy (non-hydrogen) atoms. The van der Waals surface area contributed by atoms with Gasteiger partial charge in [0, 0.05) is 6.07 Å². The Labute approximate surface area is 179 Å². The van der Waals surface area contributed by atoms with E-state index >= 15 is 0 Å². The minimum absolute atomic E-state index is 0.234. The molecule has 3 rings (SSSR count). The highest BCUT2D eigenvalue weighted by molar-refractivity contribution is 5.91. The van der Waals surface area contributed by atoms with E-state index in [1.54, 1.807) is 24.3 Å². The van der Waals surface area contributed by atoms with Crippen LogP contribution in [0.1, 0.15) is 66.9 Å². The van der Waals surface area contributed by atoms with Crippen LogP contribution >= 0.6 is 0 Å². The highest BCUT2D eigenvalue weighted by Crippen LogP contribution is 2.34. The summed E-state index contributed by atoms with van der Waals surface area (Å²) in [6.45, 7) is 2.23. The Morgan fingerprint density at radius 1 is 1.06 bits per heavy atom. The van der Waals surface area contributed by atoms with Crippen molar-refractivity contribution in [3.05, 3.63) is 71.0 Å². The molecule has 1 aliphatic carbocycles. The van der Waals surface area contributed by atoms with Crippen LogP contribution in [0.3, 0.4) is 0 Å². The van der Waals surface area contributed by atoms with Gasteiger partial charge in [-0.05, 0) is 67.3 Å². The number of benzene rings is 2. The van der Waals surface area contributed by atoms with Crippen LogP contribution in [0.5, 0.6) is 5.75 Å². The zero-order valence-corrected chi connectivity index (χ0v) is 17.4. The van der Waals surface area contributed by atoms with Crippen molar-refractivity contribution in [2.45, 2.75) is 51.6 Å². The van der Waals surface area contributed by atoms with Crippen LogP contribution in [0.25, 0.3) is 6.08 Å². The zero-order chi connectivity index (χ0) is 22.4. The average Bonchev–Trinajstić information content (AvgIpc) is 2.73. The van der Waals surface area contributed by atoms with Crippen LogP contribution in [-0.4, -0.2) is 5.97 Å². The monoisotopic (exact) mass is 434 g/mol. The highest BCUT2D eigenvalue weighted by atomic mass is 19.4. The second kappa shape index (κ2) is 10.1. The van der Waals surface area contributed by atoms with Crippen molar-refractivity contribution in [3.63, 3.8) is 0 Å². The molecule has 2 nitrogen and oxygen atoms in total. The van der Waals surface area contributed by atoms with Crippen LogP contribution in [0.15, 0.2) is 48.5 Å². The number of alkyl halides is 3. The second-order valence-electron chi connectivity index (χ2n) is 8.08. The minimum Gasteiger partial charge on any atom is -0.423 e. The number of carbonyl (C=O) groups excluding carboxylic acids is 1. The number of esters is 1. The molecule has 1 saturated carbocycles. The van der Waals surface area contributed by atoms with Crippen molar-refractivity contribution in [2.75, 3.05) is 0 Å². The molecule has 0 N–H and O–H groups in total. The molecule has 1 aliphatic rings. The van der Waals surface area contributed by atoms with E-state index in [4.69, 9.17) is 4.74 Å². The molecule has 2 aromatic rings. The predicted octanol–water partition coefficient (Wildman–Crippen LogP) is 7.68. The van der Waals surface area contributed by atoms with E-state index in [0.29, 0.717) is 18.1 Å². The van der Waals surface area contributed by atoms with Gasteiger partial charge in [-0.25, -0.2) is 9.18 Å². The Morgan fingerprint density at radius 3 is 2.32 bits per heavy atom. The van der Waals surface area contributed by atoms with Crippen LogP contribution in [0.4, 0.5) is 17.6 Å². The van der Waals surface area contributed by atoms with Gasteiger partial charge in [-0.2, -0.15) is 13.2 Å². The maximum Gasteiger partial charge on any atom is 0.419 e. The number of carbonyl (C=O) groups is 1. The van der Waals surface area contributed by atoms with Crippen LogP contribution in [0, 0.1) is 17.7 Å². The normalized spacial score (nSPS) is 19.5. The molecule has 0 spiro atoms. The molecule has 0 heterocycles. The lowest BCUT2D eigenvalue weighted by molar-refractivity contribution is -0.140. The minimum atomic E-state index is -4.80. The molecule has 0 radical (unpaired) electrons. The van der Waals surface area contributed by atoms with Crippen molar-refractivity contribution < 1.29 is 27.1 Å². The van der Waals surface area contributed by atoms with Gasteiger partial charge in [0.1, 0.15) is 11.6 Å². The standard InChI is InChI=1S/C25H26F4O2/c1-2-3-17-4-6-18(7-5-17)8-9-19-10-12-20(13-11-19)24(30)31-21-14-15-22(23(26)16-21)25(27,28)29/h8-18H,2-7H2,1H3. The summed E-state index contributed by atoms with van der Waals surface area (Å²) in [6, 6.07) is 8.78. The van der Waals surface area contributed by atoms with Crippen LogP contribution < -0.4 is 4.74 Å². The first-order valence-electron chi connectivity index (χ1n) is 10.6. The van der Waals surface area contributed by atoms with E-state index in [2.05, 4.69) is 13.0 Å². The summed E-state index contributed by atoms with van der Waals surface area (Å²) in [6.07, 6.45) is 6.98. The SMILES string of the molecule is CCCC1CCC(C=Cc2ccc(C(=O)Oc3ccc(C(F)(F)F)c(F)c3)cc2)CC1. The molecular weight excluding hydrogens is 408 g/mol. The van der Waals surface area contributed by atoms with Gasteiger partial charge >= 0.3 is 12.1 Å². The van der Waals surface area contributed by atoms with Crippen molar-refractivity contribution in [3.8, 4) is 5.75 Å². The lowest BCUT2D eigenvalue weighted by Gasteiger charge is -2.26. The smallest absolute Gasteiger partial charge is 0.419 e. The third-order valence-corrected chi connectivity index (χ3v) is 5.75. The Morgan fingerprint density at radius 2 is 1.74 bits per heavy atom. The van der Waals surface area contributed by atoms with Gasteiger partial charge in [-0.15, -0.1) is 0 Å². The molecule has 166 valence electrons. The van der Waals surface area contributed by atoms with Crippen molar-refractivity contribution >= 4 is 12.0 Å². The van der Waals surface area contributed by atoms with E-state index in [0.717, 1.165) is 17.5 Å². The van der Waals surface area contributed by atoms with Gasteiger partial charge < -0.3 is 4.74 Å². The fourth-order valence-corrected chi connectivity index (χ4v) is 4.01. The molecule has 6 heteroatoms. The largest absolute Gasteiger partial charge is 0.423 e. The average molecular weight is 434 g/mol. The molecule has 2 aromatic carbocycles. The van der Waals surface area contributed by atoms with Gasteiger partial charge in [0.25, 0.3) is 0 Å². The van der Waals surface area contributed by atoms with Gasteiger partial charge in [0.15, 0.2) is 0 Å². The molecule has 0 amide bonds. The summed E-state index contributed by atoms with van der Waals surface area (Å²) in [5.74, 6) is -1.09. The lowest BCUT2D eigenvalue weighted by Crippen LogP contribution is -2.12. The molecule has 0 saturated heterocycles. The quantitative estimate of drug-likeness (QED) is 0.265. The Bertz CT molecular complexity index is 908. The maximum atomic E-state index is 13.6. The van der Waals surface area contributed by atoms with E-state index < -0.39 is 23.5 Å². The summed E-state index contributed by atoms with van der Waals surface area (Å²) in [7, 11) is 0. The summed E-state index contributed by atoms with van der Waals surface area (Å²) in [5, 5.41) is 0. The van der Waals surface area contributed by atoms with Crippen LogP contribution in [0.2, 0.25) is 0 Å². The molecule has 0 unspecified atom stereocenters. The summed E-state index contributed by atoms with van der Waals surface area (Å²) < 4.78 is 56.5. The lowest BCUT2D eigenvalue weighted by atomic mass is 9.80. The second-order valence-corrected chi connectivity index (χ2v) is 8.08. The topological polar surface area (TPSA) is 26.3 Å². The van der Waals surface area contributed by atoms with Crippen LogP contribution in [-0.2, 0) is 6.18 Å². The van der Waals surface area contributed by atoms with E-state index in [1.807, 2.05) is 6.08 Å². The van der Waals surface area contributed by atoms with Crippen molar-refractivity contribution in [1.29, 1.82) is 0 Å². The van der Waals surface area contributed by atoms with Gasteiger partial charge in [0.2, 0.25) is 0 Å². The highest BCUT2D eigenvalue weighted by Gasteiger charge is 2.34. The zero-order valence-electron chi connectivity index (χ0n) is 17.4. The van der Waals surface area contributed by atoms with Crippen molar-refractivity contribution in [1.82, 2.24) is 0 Å². The first kappa shape index (κ1) is 23.0. The molecule has 0 aliphatic heterocycles. The summed E-state index contributed by atoms with van der Waals surface area (Å²) >= 11 is 0. The number of ether oxygens (including phenoxy) is 1. The number of allylic oxidation sites excluding steroid dienone is 1. The molecule has 0 bridgehead atoms. The number of hydrogen-bond acceptors (Lipinski definition) is 2. The van der Waals surface area contributed by atoms with E-state index in [1.165, 1.54) is 38.5 Å². The Kier molecular flexibility index (Phi) is 7.52. The number of rotatable bonds is 6. The third kappa shape index (κ3) is 6.42. The third-order valence-electron chi connectivity index (χ3n) is 5.75. The van der Waals surface area contributed by atoms with Gasteiger partial charge in [0.05, 0.1) is 11.1 Å². The maximum absolute atomic E-state index is 13.6. The van der Waals surface area contributed by atoms with Gasteiger partial charge in [-0.1, -0.05) is 44.1 Å². The summed E-state index contributed by atoms with van der Waals surface area (Å²) in [4.78, 5) is 12.2. The number of halogens is 4. The van der Waals surface area contributed by atoms with E-state index in [9.17, 15) is 22.4 Å².